The van der Waals surface area contributed by atoms with Crippen molar-refractivity contribution in [3.63, 3.8) is 0 Å². The topological polar surface area (TPSA) is 9.23 Å². The SMILES string of the molecule is CCCCCOc1ccsc1Br. The van der Waals surface area contributed by atoms with E-state index in [1.807, 2.05) is 11.4 Å². The van der Waals surface area contributed by atoms with E-state index in [0.717, 1.165) is 22.6 Å². The van der Waals surface area contributed by atoms with Gasteiger partial charge >= 0.3 is 0 Å². The Labute approximate surface area is 85.9 Å². The molecule has 1 heterocycles. The minimum absolute atomic E-state index is 0.836. The summed E-state index contributed by atoms with van der Waals surface area (Å²) in [5.74, 6) is 0.983. The van der Waals surface area contributed by atoms with Crippen LogP contribution in [-0.2, 0) is 0 Å². The van der Waals surface area contributed by atoms with E-state index in [0.29, 0.717) is 0 Å². The highest BCUT2D eigenvalue weighted by Gasteiger charge is 2.00. The lowest BCUT2D eigenvalue weighted by Gasteiger charge is -2.02. The molecule has 0 saturated heterocycles. The number of hydrogen-bond acceptors (Lipinski definition) is 2. The van der Waals surface area contributed by atoms with Crippen molar-refractivity contribution >= 4 is 27.3 Å². The predicted molar refractivity (Wildman–Crippen MR) is 57.0 cm³/mol. The van der Waals surface area contributed by atoms with E-state index in [4.69, 9.17) is 4.74 Å². The van der Waals surface area contributed by atoms with Crippen LogP contribution in [0.4, 0.5) is 0 Å². The summed E-state index contributed by atoms with van der Waals surface area (Å²) in [6.45, 7) is 3.03. The van der Waals surface area contributed by atoms with Crippen LogP contribution >= 0.6 is 27.3 Å². The van der Waals surface area contributed by atoms with Crippen molar-refractivity contribution < 1.29 is 4.74 Å². The lowest BCUT2D eigenvalue weighted by molar-refractivity contribution is 0.306. The van der Waals surface area contributed by atoms with Gasteiger partial charge in [0.1, 0.15) is 9.54 Å². The van der Waals surface area contributed by atoms with Crippen LogP contribution in [-0.4, -0.2) is 6.61 Å². The number of ether oxygens (including phenoxy) is 1. The fraction of sp³-hybridized carbons (Fsp3) is 0.556. The van der Waals surface area contributed by atoms with E-state index in [2.05, 4.69) is 22.9 Å². The van der Waals surface area contributed by atoms with Crippen LogP contribution in [0.5, 0.6) is 5.75 Å². The van der Waals surface area contributed by atoms with Crippen LogP contribution in [0.25, 0.3) is 0 Å². The molecule has 0 amide bonds. The molecule has 0 radical (unpaired) electrons. The second-order valence-electron chi connectivity index (χ2n) is 2.61. The van der Waals surface area contributed by atoms with Gasteiger partial charge in [-0.3, -0.25) is 0 Å². The van der Waals surface area contributed by atoms with Crippen LogP contribution in [0.15, 0.2) is 15.2 Å². The Morgan fingerprint density at radius 1 is 1.50 bits per heavy atom. The Hall–Kier alpha value is -0.0200. The van der Waals surface area contributed by atoms with Gasteiger partial charge in [0, 0.05) is 0 Å². The average Bonchev–Trinajstić information content (AvgIpc) is 2.46. The zero-order valence-corrected chi connectivity index (χ0v) is 9.58. The summed E-state index contributed by atoms with van der Waals surface area (Å²) >= 11 is 5.09. The van der Waals surface area contributed by atoms with Crippen molar-refractivity contribution in [2.24, 2.45) is 0 Å². The molecule has 0 aliphatic rings. The molecule has 0 fully saturated rings. The molecule has 0 saturated carbocycles. The van der Waals surface area contributed by atoms with Gasteiger partial charge < -0.3 is 4.74 Å². The molecule has 68 valence electrons. The zero-order valence-electron chi connectivity index (χ0n) is 7.18. The van der Waals surface area contributed by atoms with Gasteiger partial charge in [0.2, 0.25) is 0 Å². The summed E-state index contributed by atoms with van der Waals surface area (Å²) < 4.78 is 6.64. The third kappa shape index (κ3) is 3.15. The first-order chi connectivity index (χ1) is 5.84. The quantitative estimate of drug-likeness (QED) is 0.714. The van der Waals surface area contributed by atoms with Crippen molar-refractivity contribution in [3.8, 4) is 5.75 Å². The van der Waals surface area contributed by atoms with Gasteiger partial charge in [-0.2, -0.15) is 0 Å². The average molecular weight is 249 g/mol. The molecule has 0 unspecified atom stereocenters. The normalized spacial score (nSPS) is 10.2. The third-order valence-electron chi connectivity index (χ3n) is 1.59. The molecule has 0 N–H and O–H groups in total. The Balaban J connectivity index is 2.20. The molecule has 0 spiro atoms. The summed E-state index contributed by atoms with van der Waals surface area (Å²) in [6.07, 6.45) is 3.65. The van der Waals surface area contributed by atoms with Gasteiger partial charge in [-0.15, -0.1) is 11.3 Å². The van der Waals surface area contributed by atoms with Crippen molar-refractivity contribution in [3.05, 3.63) is 15.2 Å². The van der Waals surface area contributed by atoms with Gasteiger partial charge in [0.15, 0.2) is 0 Å². The standard InChI is InChI=1S/C9H13BrOS/c1-2-3-4-6-11-8-5-7-12-9(8)10/h5,7H,2-4,6H2,1H3. The van der Waals surface area contributed by atoms with Crippen molar-refractivity contribution in [2.75, 3.05) is 6.61 Å². The van der Waals surface area contributed by atoms with E-state index < -0.39 is 0 Å². The Kier molecular flexibility index (Phi) is 4.69. The maximum absolute atomic E-state index is 5.54. The molecule has 0 aliphatic carbocycles. The fourth-order valence-electron chi connectivity index (χ4n) is 0.918. The monoisotopic (exact) mass is 248 g/mol. The van der Waals surface area contributed by atoms with E-state index in [-0.39, 0.29) is 0 Å². The van der Waals surface area contributed by atoms with E-state index >= 15 is 0 Å². The molecule has 0 aliphatic heterocycles. The molecule has 0 bridgehead atoms. The first-order valence-electron chi connectivity index (χ1n) is 4.20. The van der Waals surface area contributed by atoms with E-state index in [9.17, 15) is 0 Å². The first-order valence-corrected chi connectivity index (χ1v) is 5.87. The zero-order chi connectivity index (χ0) is 8.81. The molecule has 1 rings (SSSR count). The van der Waals surface area contributed by atoms with Crippen LogP contribution in [0.1, 0.15) is 26.2 Å². The first kappa shape index (κ1) is 10.1. The molecule has 3 heteroatoms. The lowest BCUT2D eigenvalue weighted by Crippen LogP contribution is -1.95. The maximum atomic E-state index is 5.54. The summed E-state index contributed by atoms with van der Waals surface area (Å²) in [5, 5.41) is 2.03. The van der Waals surface area contributed by atoms with Crippen LogP contribution in [0.2, 0.25) is 0 Å². The highest BCUT2D eigenvalue weighted by Crippen LogP contribution is 2.30. The number of rotatable bonds is 5. The smallest absolute Gasteiger partial charge is 0.144 e. The van der Waals surface area contributed by atoms with Gasteiger partial charge in [-0.1, -0.05) is 19.8 Å². The predicted octanol–water partition coefficient (Wildman–Crippen LogP) is 4.08. The van der Waals surface area contributed by atoms with Crippen LogP contribution in [0, 0.1) is 0 Å². The lowest BCUT2D eigenvalue weighted by atomic mass is 10.3. The van der Waals surface area contributed by atoms with Crippen LogP contribution in [0.3, 0.4) is 0 Å². The molecule has 12 heavy (non-hydrogen) atoms. The van der Waals surface area contributed by atoms with Crippen molar-refractivity contribution in [1.29, 1.82) is 0 Å². The number of thiophene rings is 1. The molecule has 0 aromatic carbocycles. The molecule has 1 aromatic heterocycles. The highest BCUT2D eigenvalue weighted by atomic mass is 79.9. The highest BCUT2D eigenvalue weighted by molar-refractivity contribution is 9.11. The van der Waals surface area contributed by atoms with Gasteiger partial charge in [0.05, 0.1) is 6.61 Å². The van der Waals surface area contributed by atoms with Crippen molar-refractivity contribution in [1.82, 2.24) is 0 Å². The maximum Gasteiger partial charge on any atom is 0.144 e. The molecular weight excluding hydrogens is 236 g/mol. The number of hydrogen-bond donors (Lipinski definition) is 0. The number of halogens is 1. The Morgan fingerprint density at radius 2 is 2.33 bits per heavy atom. The molecule has 1 nitrogen and oxygen atoms in total. The minimum atomic E-state index is 0.836. The Bertz CT molecular complexity index is 222. The summed E-state index contributed by atoms with van der Waals surface area (Å²) in [5.41, 5.74) is 0. The minimum Gasteiger partial charge on any atom is -0.492 e. The second-order valence-corrected chi connectivity index (χ2v) is 4.85. The summed E-state index contributed by atoms with van der Waals surface area (Å²) in [4.78, 5) is 0. The van der Waals surface area contributed by atoms with Gasteiger partial charge in [-0.05, 0) is 33.8 Å². The fourth-order valence-corrected chi connectivity index (χ4v) is 2.04. The summed E-state index contributed by atoms with van der Waals surface area (Å²) in [7, 11) is 0. The molecule has 0 atom stereocenters. The largest absolute Gasteiger partial charge is 0.492 e. The third-order valence-corrected chi connectivity index (χ3v) is 3.22. The molecule has 1 aromatic rings. The summed E-state index contributed by atoms with van der Waals surface area (Å²) in [6, 6.07) is 2.00. The Morgan fingerprint density at radius 3 is 2.92 bits per heavy atom. The van der Waals surface area contributed by atoms with Crippen molar-refractivity contribution in [2.45, 2.75) is 26.2 Å². The van der Waals surface area contributed by atoms with Crippen LogP contribution < -0.4 is 4.74 Å². The second kappa shape index (κ2) is 5.60. The van der Waals surface area contributed by atoms with Gasteiger partial charge in [-0.25, -0.2) is 0 Å². The number of unbranched alkanes of at least 4 members (excludes halogenated alkanes) is 2. The molecular formula is C9H13BrOS. The van der Waals surface area contributed by atoms with E-state index in [1.54, 1.807) is 11.3 Å². The van der Waals surface area contributed by atoms with Gasteiger partial charge in [0.25, 0.3) is 0 Å². The van der Waals surface area contributed by atoms with E-state index in [1.165, 1.54) is 12.8 Å².